The van der Waals surface area contributed by atoms with Gasteiger partial charge < -0.3 is 15.0 Å². The third-order valence-corrected chi connectivity index (χ3v) is 5.44. The molecule has 0 unspecified atom stereocenters. The zero-order valence-corrected chi connectivity index (χ0v) is 19.8. The first-order valence-corrected chi connectivity index (χ1v) is 10.8. The summed E-state index contributed by atoms with van der Waals surface area (Å²) in [4.78, 5) is 28.4. The molecule has 0 radical (unpaired) electrons. The van der Waals surface area contributed by atoms with Gasteiger partial charge >= 0.3 is 0 Å². The van der Waals surface area contributed by atoms with Gasteiger partial charge in [0.05, 0.1) is 31.6 Å². The number of aryl methyl sites for hydroxylation is 1. The Hall–Kier alpha value is -3.65. The van der Waals surface area contributed by atoms with Crippen molar-refractivity contribution in [3.05, 3.63) is 71.5 Å². The van der Waals surface area contributed by atoms with Crippen LogP contribution in [0.4, 0.5) is 5.69 Å². The van der Waals surface area contributed by atoms with Crippen molar-refractivity contribution in [3.8, 4) is 11.4 Å². The zero-order chi connectivity index (χ0) is 24.0. The van der Waals surface area contributed by atoms with E-state index in [1.165, 1.54) is 4.90 Å². The molecule has 0 bridgehead atoms. The number of carbonyl (C=O) groups is 2. The summed E-state index contributed by atoms with van der Waals surface area (Å²) in [6, 6.07) is 17.1. The number of nitrogens with one attached hydrogen (secondary N) is 1. The van der Waals surface area contributed by atoms with E-state index in [-0.39, 0.29) is 24.9 Å². The van der Waals surface area contributed by atoms with Gasteiger partial charge in [0.25, 0.3) is 0 Å². The van der Waals surface area contributed by atoms with E-state index in [4.69, 9.17) is 4.74 Å². The van der Waals surface area contributed by atoms with E-state index < -0.39 is 0 Å². The third kappa shape index (κ3) is 6.20. The van der Waals surface area contributed by atoms with Crippen LogP contribution >= 0.6 is 0 Å². The average Bonchev–Trinajstić information content (AvgIpc) is 3.07. The number of benzene rings is 2. The molecule has 1 aromatic heterocycles. The normalized spacial score (nSPS) is 10.8. The maximum Gasteiger partial charge on any atom is 0.243 e. The molecule has 3 rings (SSSR count). The number of rotatable bonds is 9. The van der Waals surface area contributed by atoms with Gasteiger partial charge in [0.1, 0.15) is 5.75 Å². The summed E-state index contributed by atoms with van der Waals surface area (Å²) < 4.78 is 7.09. The summed E-state index contributed by atoms with van der Waals surface area (Å²) in [5.41, 5.74) is 4.70. The molecule has 0 aliphatic carbocycles. The lowest BCUT2D eigenvalue weighted by molar-refractivity contribution is -0.134. The van der Waals surface area contributed by atoms with Gasteiger partial charge in [-0.15, -0.1) is 0 Å². The van der Waals surface area contributed by atoms with Crippen LogP contribution in [0.1, 0.15) is 17.0 Å². The molecule has 0 atom stereocenters. The minimum absolute atomic E-state index is 0.0339. The van der Waals surface area contributed by atoms with Gasteiger partial charge in [0.2, 0.25) is 11.8 Å². The molecule has 8 heteroatoms. The fourth-order valence-corrected chi connectivity index (χ4v) is 3.61. The Morgan fingerprint density at radius 1 is 1.03 bits per heavy atom. The van der Waals surface area contributed by atoms with E-state index in [2.05, 4.69) is 10.4 Å². The van der Waals surface area contributed by atoms with Crippen LogP contribution < -0.4 is 10.1 Å². The SMILES string of the molecule is COc1cccc(NC(=O)CN(C)C(=O)CN(C)Cc2c(C)nn(-c3ccccc3)c2C)c1. The number of anilines is 1. The molecule has 1 N–H and O–H groups in total. The van der Waals surface area contributed by atoms with Crippen LogP contribution in [0, 0.1) is 13.8 Å². The minimum Gasteiger partial charge on any atom is -0.497 e. The number of ether oxygens (including phenoxy) is 1. The number of amides is 2. The predicted molar refractivity (Wildman–Crippen MR) is 129 cm³/mol. The number of aromatic nitrogens is 2. The van der Waals surface area contributed by atoms with E-state index in [0.717, 1.165) is 22.6 Å². The highest BCUT2D eigenvalue weighted by Crippen LogP contribution is 2.19. The fraction of sp³-hybridized carbons (Fsp3) is 0.320. The van der Waals surface area contributed by atoms with Crippen molar-refractivity contribution in [2.24, 2.45) is 0 Å². The monoisotopic (exact) mass is 449 g/mol. The van der Waals surface area contributed by atoms with Gasteiger partial charge in [-0.2, -0.15) is 5.10 Å². The summed E-state index contributed by atoms with van der Waals surface area (Å²) in [5, 5.41) is 7.46. The lowest BCUT2D eigenvalue weighted by Gasteiger charge is -2.22. The summed E-state index contributed by atoms with van der Waals surface area (Å²) in [6.07, 6.45) is 0. The van der Waals surface area contributed by atoms with Crippen LogP contribution in [-0.4, -0.2) is 65.7 Å². The maximum atomic E-state index is 12.7. The zero-order valence-electron chi connectivity index (χ0n) is 19.8. The van der Waals surface area contributed by atoms with Crippen molar-refractivity contribution in [1.82, 2.24) is 19.6 Å². The van der Waals surface area contributed by atoms with Crippen LogP contribution in [0.2, 0.25) is 0 Å². The van der Waals surface area contributed by atoms with Crippen molar-refractivity contribution >= 4 is 17.5 Å². The molecular formula is C25H31N5O3. The maximum absolute atomic E-state index is 12.7. The van der Waals surface area contributed by atoms with Gasteiger partial charge in [0, 0.05) is 36.6 Å². The Morgan fingerprint density at radius 2 is 1.76 bits per heavy atom. The van der Waals surface area contributed by atoms with E-state index in [1.54, 1.807) is 38.4 Å². The molecule has 2 amide bonds. The van der Waals surface area contributed by atoms with Crippen molar-refractivity contribution in [1.29, 1.82) is 0 Å². The van der Waals surface area contributed by atoms with Crippen LogP contribution in [-0.2, 0) is 16.1 Å². The third-order valence-electron chi connectivity index (χ3n) is 5.44. The van der Waals surface area contributed by atoms with Gasteiger partial charge in [0.15, 0.2) is 0 Å². The number of nitrogens with zero attached hydrogens (tertiary/aromatic N) is 4. The molecule has 8 nitrogen and oxygen atoms in total. The molecule has 33 heavy (non-hydrogen) atoms. The van der Waals surface area contributed by atoms with E-state index in [9.17, 15) is 9.59 Å². The standard InChI is InChI=1S/C25H31N5O3/c1-18-23(19(2)30(27-18)21-11-7-6-8-12-21)15-28(3)17-25(32)29(4)16-24(31)26-20-10-9-13-22(14-20)33-5/h6-14H,15-17H2,1-5H3,(H,26,31). The molecule has 0 aliphatic rings. The second-order valence-electron chi connectivity index (χ2n) is 8.10. The number of hydrogen-bond donors (Lipinski definition) is 1. The Balaban J connectivity index is 1.56. The molecule has 1 heterocycles. The first-order valence-electron chi connectivity index (χ1n) is 10.8. The Bertz CT molecular complexity index is 1110. The van der Waals surface area contributed by atoms with Crippen LogP contribution in [0.5, 0.6) is 5.75 Å². The Morgan fingerprint density at radius 3 is 2.45 bits per heavy atom. The summed E-state index contributed by atoms with van der Waals surface area (Å²) in [7, 11) is 5.09. The van der Waals surface area contributed by atoms with Gasteiger partial charge in [-0.1, -0.05) is 24.3 Å². The smallest absolute Gasteiger partial charge is 0.243 e. The molecule has 0 saturated heterocycles. The lowest BCUT2D eigenvalue weighted by atomic mass is 10.2. The second-order valence-corrected chi connectivity index (χ2v) is 8.10. The Labute approximate surface area is 194 Å². The van der Waals surface area contributed by atoms with Crippen LogP contribution in [0.3, 0.4) is 0 Å². The molecule has 3 aromatic rings. The largest absolute Gasteiger partial charge is 0.497 e. The average molecular weight is 450 g/mol. The molecule has 0 aliphatic heterocycles. The molecule has 0 fully saturated rings. The topological polar surface area (TPSA) is 79.7 Å². The number of carbonyl (C=O) groups excluding carboxylic acids is 2. The highest BCUT2D eigenvalue weighted by Gasteiger charge is 2.18. The fourth-order valence-electron chi connectivity index (χ4n) is 3.61. The Kier molecular flexibility index (Phi) is 7.84. The molecular weight excluding hydrogens is 418 g/mol. The first-order chi connectivity index (χ1) is 15.8. The number of likely N-dealkylation sites (N-methyl/N-ethyl adjacent to an activating group) is 2. The number of hydrogen-bond acceptors (Lipinski definition) is 5. The quantitative estimate of drug-likeness (QED) is 0.543. The van der Waals surface area contributed by atoms with Crippen LogP contribution in [0.15, 0.2) is 54.6 Å². The molecule has 0 saturated carbocycles. The van der Waals surface area contributed by atoms with Crippen molar-refractivity contribution in [2.75, 3.05) is 39.6 Å². The van der Waals surface area contributed by atoms with E-state index in [1.807, 2.05) is 60.8 Å². The number of methoxy groups -OCH3 is 1. The van der Waals surface area contributed by atoms with Crippen molar-refractivity contribution in [3.63, 3.8) is 0 Å². The highest BCUT2D eigenvalue weighted by atomic mass is 16.5. The van der Waals surface area contributed by atoms with E-state index >= 15 is 0 Å². The van der Waals surface area contributed by atoms with Gasteiger partial charge in [-0.25, -0.2) is 4.68 Å². The minimum atomic E-state index is -0.266. The number of para-hydroxylation sites is 1. The predicted octanol–water partition coefficient (Wildman–Crippen LogP) is 3.03. The summed E-state index contributed by atoms with van der Waals surface area (Å²) in [6.45, 7) is 4.76. The van der Waals surface area contributed by atoms with Crippen molar-refractivity contribution < 1.29 is 14.3 Å². The molecule has 2 aromatic carbocycles. The first kappa shape index (κ1) is 24.0. The molecule has 174 valence electrons. The van der Waals surface area contributed by atoms with Crippen LogP contribution in [0.25, 0.3) is 5.69 Å². The summed E-state index contributed by atoms with van der Waals surface area (Å²) in [5.74, 6) is 0.252. The highest BCUT2D eigenvalue weighted by molar-refractivity contribution is 5.94. The summed E-state index contributed by atoms with van der Waals surface area (Å²) >= 11 is 0. The van der Waals surface area contributed by atoms with Gasteiger partial charge in [-0.05, 0) is 45.2 Å². The van der Waals surface area contributed by atoms with E-state index in [0.29, 0.717) is 18.0 Å². The lowest BCUT2D eigenvalue weighted by Crippen LogP contribution is -2.40. The van der Waals surface area contributed by atoms with Gasteiger partial charge in [-0.3, -0.25) is 14.5 Å². The van der Waals surface area contributed by atoms with Crippen molar-refractivity contribution in [2.45, 2.75) is 20.4 Å². The molecule has 0 spiro atoms. The second kappa shape index (κ2) is 10.8.